The molecule has 5 rings (SSSR count). The standard InChI is InChI=1S/C26H28N4O3/c31-25(29-15-17-33-18-16-29)21-11-13-28(14-12-21)26(32)23-19-30(22-9-5-2-6-10-22)27-24(23)20-7-3-1-4-8-20/h1-10,19,21H,11-18H2. The number of likely N-dealkylation sites (tertiary alicyclic amines) is 1. The van der Waals surface area contributed by atoms with Crippen LogP contribution in [0.3, 0.4) is 0 Å². The number of nitrogens with zero attached hydrogens (tertiary/aromatic N) is 4. The Morgan fingerprint density at radius 3 is 2.12 bits per heavy atom. The number of piperidine rings is 1. The van der Waals surface area contributed by atoms with E-state index in [4.69, 9.17) is 9.84 Å². The molecule has 2 aliphatic heterocycles. The van der Waals surface area contributed by atoms with Crippen molar-refractivity contribution >= 4 is 11.8 Å². The molecule has 0 spiro atoms. The summed E-state index contributed by atoms with van der Waals surface area (Å²) >= 11 is 0. The van der Waals surface area contributed by atoms with Crippen LogP contribution >= 0.6 is 0 Å². The van der Waals surface area contributed by atoms with Gasteiger partial charge in [0.1, 0.15) is 5.69 Å². The van der Waals surface area contributed by atoms with E-state index in [2.05, 4.69) is 0 Å². The zero-order valence-electron chi connectivity index (χ0n) is 18.6. The zero-order chi connectivity index (χ0) is 22.6. The highest BCUT2D eigenvalue weighted by Crippen LogP contribution is 2.27. The third-order valence-electron chi connectivity index (χ3n) is 6.47. The fourth-order valence-corrected chi connectivity index (χ4v) is 4.59. The van der Waals surface area contributed by atoms with Gasteiger partial charge in [-0.15, -0.1) is 0 Å². The van der Waals surface area contributed by atoms with Crippen molar-refractivity contribution in [2.24, 2.45) is 5.92 Å². The molecular weight excluding hydrogens is 416 g/mol. The summed E-state index contributed by atoms with van der Waals surface area (Å²) in [4.78, 5) is 30.2. The molecule has 0 unspecified atom stereocenters. The molecule has 2 aromatic carbocycles. The molecule has 7 nitrogen and oxygen atoms in total. The molecule has 0 bridgehead atoms. The monoisotopic (exact) mass is 444 g/mol. The molecule has 0 radical (unpaired) electrons. The van der Waals surface area contributed by atoms with Crippen LogP contribution in [0.4, 0.5) is 0 Å². The van der Waals surface area contributed by atoms with Crippen LogP contribution in [0.2, 0.25) is 0 Å². The number of rotatable bonds is 4. The normalized spacial score (nSPS) is 17.2. The van der Waals surface area contributed by atoms with Gasteiger partial charge in [-0.25, -0.2) is 4.68 Å². The summed E-state index contributed by atoms with van der Waals surface area (Å²) in [6, 6.07) is 19.6. The van der Waals surface area contributed by atoms with Gasteiger partial charge < -0.3 is 14.5 Å². The lowest BCUT2D eigenvalue weighted by Crippen LogP contribution is -2.47. The highest BCUT2D eigenvalue weighted by molar-refractivity contribution is 6.00. The first-order valence-corrected chi connectivity index (χ1v) is 11.6. The maximum absolute atomic E-state index is 13.6. The van der Waals surface area contributed by atoms with Crippen LogP contribution in [0.25, 0.3) is 16.9 Å². The molecule has 2 fully saturated rings. The molecule has 2 saturated heterocycles. The quantitative estimate of drug-likeness (QED) is 0.620. The summed E-state index contributed by atoms with van der Waals surface area (Å²) in [6.07, 6.45) is 3.20. The first-order chi connectivity index (χ1) is 16.2. The topological polar surface area (TPSA) is 67.7 Å². The SMILES string of the molecule is O=C(c1cn(-c2ccccc2)nc1-c1ccccc1)N1CCC(C(=O)N2CCOCC2)CC1. The van der Waals surface area contributed by atoms with Gasteiger partial charge >= 0.3 is 0 Å². The lowest BCUT2D eigenvalue weighted by atomic mass is 9.94. The summed E-state index contributed by atoms with van der Waals surface area (Å²) in [6.45, 7) is 3.69. The third kappa shape index (κ3) is 4.54. The van der Waals surface area contributed by atoms with Gasteiger partial charge in [0.05, 0.1) is 24.5 Å². The fraction of sp³-hybridized carbons (Fsp3) is 0.346. The molecule has 0 aliphatic carbocycles. The number of ether oxygens (including phenoxy) is 1. The number of aromatic nitrogens is 2. The van der Waals surface area contributed by atoms with E-state index < -0.39 is 0 Å². The van der Waals surface area contributed by atoms with Gasteiger partial charge in [-0.3, -0.25) is 9.59 Å². The van der Waals surface area contributed by atoms with Crippen molar-refractivity contribution in [1.82, 2.24) is 19.6 Å². The maximum Gasteiger partial charge on any atom is 0.257 e. The molecule has 33 heavy (non-hydrogen) atoms. The largest absolute Gasteiger partial charge is 0.378 e. The predicted molar refractivity (Wildman–Crippen MR) is 125 cm³/mol. The molecular formula is C26H28N4O3. The Morgan fingerprint density at radius 2 is 1.45 bits per heavy atom. The Hall–Kier alpha value is -3.45. The predicted octanol–water partition coefficient (Wildman–Crippen LogP) is 3.25. The van der Waals surface area contributed by atoms with Crippen LogP contribution < -0.4 is 0 Å². The number of para-hydroxylation sites is 1. The molecule has 0 saturated carbocycles. The van der Waals surface area contributed by atoms with Crippen molar-refractivity contribution in [3.8, 4) is 16.9 Å². The van der Waals surface area contributed by atoms with Gasteiger partial charge in [0, 0.05) is 43.9 Å². The van der Waals surface area contributed by atoms with Crippen molar-refractivity contribution in [3.63, 3.8) is 0 Å². The van der Waals surface area contributed by atoms with Crippen molar-refractivity contribution in [1.29, 1.82) is 0 Å². The Balaban J connectivity index is 1.35. The molecule has 3 aromatic rings. The van der Waals surface area contributed by atoms with Crippen LogP contribution in [0, 0.1) is 5.92 Å². The van der Waals surface area contributed by atoms with Gasteiger partial charge in [-0.2, -0.15) is 5.10 Å². The summed E-state index contributed by atoms with van der Waals surface area (Å²) in [5.74, 6) is 0.147. The van der Waals surface area contributed by atoms with Crippen molar-refractivity contribution in [3.05, 3.63) is 72.4 Å². The highest BCUT2D eigenvalue weighted by Gasteiger charge is 2.32. The zero-order valence-corrected chi connectivity index (χ0v) is 18.6. The fourth-order valence-electron chi connectivity index (χ4n) is 4.59. The third-order valence-corrected chi connectivity index (χ3v) is 6.47. The van der Waals surface area contributed by atoms with Crippen LogP contribution in [0.5, 0.6) is 0 Å². The minimum Gasteiger partial charge on any atom is -0.378 e. The number of amides is 2. The molecule has 0 N–H and O–H groups in total. The van der Waals surface area contributed by atoms with Gasteiger partial charge in [0.2, 0.25) is 5.91 Å². The van der Waals surface area contributed by atoms with E-state index >= 15 is 0 Å². The van der Waals surface area contributed by atoms with Crippen LogP contribution in [-0.2, 0) is 9.53 Å². The molecule has 7 heteroatoms. The smallest absolute Gasteiger partial charge is 0.257 e. The minimum absolute atomic E-state index is 0.0206. The highest BCUT2D eigenvalue weighted by atomic mass is 16.5. The van der Waals surface area contributed by atoms with E-state index in [1.54, 1.807) is 4.68 Å². The summed E-state index contributed by atoms with van der Waals surface area (Å²) in [5.41, 5.74) is 3.08. The van der Waals surface area contributed by atoms with Crippen LogP contribution in [-0.4, -0.2) is 70.8 Å². The number of carbonyl (C=O) groups excluding carboxylic acids is 2. The molecule has 2 amide bonds. The van der Waals surface area contributed by atoms with Gasteiger partial charge in [0.25, 0.3) is 5.91 Å². The lowest BCUT2D eigenvalue weighted by molar-refractivity contribution is -0.141. The summed E-state index contributed by atoms with van der Waals surface area (Å²) in [5, 5.41) is 4.77. The Bertz CT molecular complexity index is 1100. The minimum atomic E-state index is -0.0340. The maximum atomic E-state index is 13.6. The Kier molecular flexibility index (Phi) is 6.21. The van der Waals surface area contributed by atoms with E-state index in [0.717, 1.165) is 11.3 Å². The molecule has 2 aliphatic rings. The van der Waals surface area contributed by atoms with Crippen molar-refractivity contribution < 1.29 is 14.3 Å². The molecule has 0 atom stereocenters. The van der Waals surface area contributed by atoms with Crippen molar-refractivity contribution in [2.75, 3.05) is 39.4 Å². The first kappa shape index (κ1) is 21.4. The molecule has 1 aromatic heterocycles. The second-order valence-electron chi connectivity index (χ2n) is 8.54. The lowest BCUT2D eigenvalue weighted by Gasteiger charge is -2.35. The van der Waals surface area contributed by atoms with Crippen LogP contribution in [0.15, 0.2) is 66.9 Å². The number of morpholine rings is 1. The van der Waals surface area contributed by atoms with E-state index in [0.29, 0.717) is 63.5 Å². The van der Waals surface area contributed by atoms with Crippen molar-refractivity contribution in [2.45, 2.75) is 12.8 Å². The second-order valence-corrected chi connectivity index (χ2v) is 8.54. The van der Waals surface area contributed by atoms with E-state index in [1.807, 2.05) is 76.7 Å². The van der Waals surface area contributed by atoms with E-state index in [9.17, 15) is 9.59 Å². The Morgan fingerprint density at radius 1 is 0.818 bits per heavy atom. The van der Waals surface area contributed by atoms with E-state index in [-0.39, 0.29) is 17.7 Å². The number of carbonyl (C=O) groups is 2. The van der Waals surface area contributed by atoms with Crippen LogP contribution in [0.1, 0.15) is 23.2 Å². The molecule has 3 heterocycles. The first-order valence-electron chi connectivity index (χ1n) is 11.6. The second kappa shape index (κ2) is 9.58. The Labute approximate surface area is 193 Å². The summed E-state index contributed by atoms with van der Waals surface area (Å²) in [7, 11) is 0. The number of benzene rings is 2. The summed E-state index contributed by atoms with van der Waals surface area (Å²) < 4.78 is 7.13. The van der Waals surface area contributed by atoms with Gasteiger partial charge in [-0.05, 0) is 25.0 Å². The van der Waals surface area contributed by atoms with Gasteiger partial charge in [0.15, 0.2) is 0 Å². The van der Waals surface area contributed by atoms with Gasteiger partial charge in [-0.1, -0.05) is 48.5 Å². The molecule has 170 valence electrons. The average Bonchev–Trinajstić information content (AvgIpc) is 3.35. The van der Waals surface area contributed by atoms with E-state index in [1.165, 1.54) is 0 Å². The number of hydrogen-bond donors (Lipinski definition) is 0. The number of hydrogen-bond acceptors (Lipinski definition) is 4. The average molecular weight is 445 g/mol.